The second-order valence-corrected chi connectivity index (χ2v) is 8.60. The molecule has 4 rings (SSSR count). The molecule has 3 aromatic rings. The molecule has 1 aliphatic rings. The number of carbonyl (C=O) groups is 2. The number of aromatic nitrogens is 1. The van der Waals surface area contributed by atoms with Crippen molar-refractivity contribution < 1.29 is 9.59 Å². The van der Waals surface area contributed by atoms with Crippen molar-refractivity contribution in [3.8, 4) is 0 Å². The molecule has 0 saturated carbocycles. The predicted molar refractivity (Wildman–Crippen MR) is 136 cm³/mol. The van der Waals surface area contributed by atoms with E-state index in [1.165, 1.54) is 6.20 Å². The smallest absolute Gasteiger partial charge is 0.252 e. The zero-order valence-corrected chi connectivity index (χ0v) is 19.5. The zero-order valence-electron chi connectivity index (χ0n) is 19.5. The van der Waals surface area contributed by atoms with Crippen LogP contribution in [0, 0.1) is 5.92 Å². The third kappa shape index (κ3) is 5.73. The molecular weight excluding hydrogens is 426 g/mol. The number of nitrogens with two attached hydrogens (primary N) is 1. The van der Waals surface area contributed by atoms with Gasteiger partial charge in [0.05, 0.1) is 11.3 Å². The summed E-state index contributed by atoms with van der Waals surface area (Å²) < 4.78 is 0. The quantitative estimate of drug-likeness (QED) is 0.429. The molecule has 1 amide bonds. The summed E-state index contributed by atoms with van der Waals surface area (Å²) in [4.78, 5) is 30.7. The molecule has 7 heteroatoms. The molecule has 2 heterocycles. The van der Waals surface area contributed by atoms with Gasteiger partial charge in [-0.15, -0.1) is 0 Å². The SMILES string of the molecule is CCC(=O)[C@H]1CCCN(c2ccc(Nc3cc(NCc4ccccc4)c(C(N)=O)cn3)cc2)C1. The van der Waals surface area contributed by atoms with Gasteiger partial charge >= 0.3 is 0 Å². The second kappa shape index (κ2) is 10.8. The van der Waals surface area contributed by atoms with Crippen molar-refractivity contribution in [2.24, 2.45) is 11.7 Å². The highest BCUT2D eigenvalue weighted by Crippen LogP contribution is 2.27. The van der Waals surface area contributed by atoms with E-state index in [0.29, 0.717) is 35.8 Å². The highest BCUT2D eigenvalue weighted by atomic mass is 16.1. The lowest BCUT2D eigenvalue weighted by Crippen LogP contribution is -2.38. The number of rotatable bonds is 9. The van der Waals surface area contributed by atoms with Crippen molar-refractivity contribution in [2.45, 2.75) is 32.7 Å². The summed E-state index contributed by atoms with van der Waals surface area (Å²) in [5.74, 6) is 0.566. The Bertz CT molecular complexity index is 1130. The minimum atomic E-state index is -0.527. The van der Waals surface area contributed by atoms with Gasteiger partial charge in [0, 0.05) is 55.6 Å². The average Bonchev–Trinajstić information content (AvgIpc) is 2.88. The van der Waals surface area contributed by atoms with E-state index in [-0.39, 0.29) is 5.92 Å². The van der Waals surface area contributed by atoms with Crippen LogP contribution in [-0.2, 0) is 11.3 Å². The third-order valence-electron chi connectivity index (χ3n) is 6.23. The fraction of sp³-hybridized carbons (Fsp3) is 0.296. The molecule has 0 unspecified atom stereocenters. The first-order valence-corrected chi connectivity index (χ1v) is 11.8. The summed E-state index contributed by atoms with van der Waals surface area (Å²) in [6, 6.07) is 19.9. The van der Waals surface area contributed by atoms with Gasteiger partial charge in [0.2, 0.25) is 0 Å². The second-order valence-electron chi connectivity index (χ2n) is 8.60. The minimum Gasteiger partial charge on any atom is -0.380 e. The van der Waals surface area contributed by atoms with Crippen molar-refractivity contribution in [3.63, 3.8) is 0 Å². The Morgan fingerprint density at radius 3 is 2.59 bits per heavy atom. The summed E-state index contributed by atoms with van der Waals surface area (Å²) in [5, 5.41) is 6.59. The topological polar surface area (TPSA) is 100 Å². The summed E-state index contributed by atoms with van der Waals surface area (Å²) in [6.07, 6.45) is 4.11. The van der Waals surface area contributed by atoms with E-state index in [1.54, 1.807) is 6.07 Å². The van der Waals surface area contributed by atoms with Crippen molar-refractivity contribution in [1.82, 2.24) is 4.98 Å². The van der Waals surface area contributed by atoms with E-state index in [1.807, 2.05) is 49.4 Å². The molecule has 1 atom stereocenters. The molecule has 176 valence electrons. The summed E-state index contributed by atoms with van der Waals surface area (Å²) >= 11 is 0. The van der Waals surface area contributed by atoms with Gasteiger partial charge in [-0.2, -0.15) is 0 Å². The number of anilines is 4. The van der Waals surface area contributed by atoms with Crippen LogP contribution < -0.4 is 21.3 Å². The van der Waals surface area contributed by atoms with Gasteiger partial charge in [-0.1, -0.05) is 37.3 Å². The number of nitrogens with zero attached hydrogens (tertiary/aromatic N) is 2. The zero-order chi connectivity index (χ0) is 23.9. The first-order valence-electron chi connectivity index (χ1n) is 11.8. The van der Waals surface area contributed by atoms with Crippen LogP contribution in [0.15, 0.2) is 66.9 Å². The number of hydrogen-bond acceptors (Lipinski definition) is 6. The van der Waals surface area contributed by atoms with Gasteiger partial charge in [0.25, 0.3) is 5.91 Å². The third-order valence-corrected chi connectivity index (χ3v) is 6.23. The Labute approximate surface area is 200 Å². The highest BCUT2D eigenvalue weighted by Gasteiger charge is 2.24. The lowest BCUT2D eigenvalue weighted by atomic mass is 9.92. The number of ketones is 1. The van der Waals surface area contributed by atoms with Gasteiger partial charge in [-0.25, -0.2) is 4.98 Å². The molecule has 4 N–H and O–H groups in total. The summed E-state index contributed by atoms with van der Waals surface area (Å²) in [7, 11) is 0. The number of pyridine rings is 1. The maximum Gasteiger partial charge on any atom is 0.252 e. The van der Waals surface area contributed by atoms with Gasteiger partial charge < -0.3 is 21.3 Å². The molecule has 1 saturated heterocycles. The number of amides is 1. The van der Waals surface area contributed by atoms with Crippen LogP contribution in [-0.4, -0.2) is 29.8 Å². The van der Waals surface area contributed by atoms with Crippen LogP contribution in [0.4, 0.5) is 22.9 Å². The Hall–Kier alpha value is -3.87. The molecule has 0 radical (unpaired) electrons. The lowest BCUT2D eigenvalue weighted by molar-refractivity contribution is -0.122. The Balaban J connectivity index is 1.44. The highest BCUT2D eigenvalue weighted by molar-refractivity contribution is 5.98. The number of hydrogen-bond donors (Lipinski definition) is 3. The van der Waals surface area contributed by atoms with E-state index in [2.05, 4.69) is 32.7 Å². The number of carbonyl (C=O) groups excluding carboxylic acids is 2. The molecule has 2 aromatic carbocycles. The van der Waals surface area contributed by atoms with E-state index >= 15 is 0 Å². The standard InChI is InChI=1S/C27H31N5O2/c1-2-25(33)20-9-6-14-32(18-20)22-12-10-21(11-13-22)31-26-15-24(23(17-30-26)27(28)34)29-16-19-7-4-3-5-8-19/h3-5,7-8,10-13,15,17,20H,2,6,9,14,16,18H2,1H3,(H2,28,34)(H2,29,30,31)/t20-/m0/s1. The number of nitrogens with one attached hydrogen (secondary N) is 2. The Morgan fingerprint density at radius 1 is 1.12 bits per heavy atom. The van der Waals surface area contributed by atoms with Crippen LogP contribution in [0.2, 0.25) is 0 Å². The summed E-state index contributed by atoms with van der Waals surface area (Å²) in [5.41, 5.74) is 9.62. The van der Waals surface area contributed by atoms with Crippen molar-refractivity contribution in [1.29, 1.82) is 0 Å². The molecule has 0 bridgehead atoms. The van der Waals surface area contributed by atoms with Gasteiger partial charge in [0.15, 0.2) is 0 Å². The first-order chi connectivity index (χ1) is 16.5. The maximum atomic E-state index is 12.1. The fourth-order valence-corrected chi connectivity index (χ4v) is 4.33. The van der Waals surface area contributed by atoms with Crippen molar-refractivity contribution in [2.75, 3.05) is 28.6 Å². The molecule has 7 nitrogen and oxygen atoms in total. The lowest BCUT2D eigenvalue weighted by Gasteiger charge is -2.33. The minimum absolute atomic E-state index is 0.131. The van der Waals surface area contributed by atoms with E-state index < -0.39 is 5.91 Å². The molecular formula is C27H31N5O2. The largest absolute Gasteiger partial charge is 0.380 e. The van der Waals surface area contributed by atoms with Crippen LogP contribution in [0.5, 0.6) is 0 Å². The van der Waals surface area contributed by atoms with Crippen molar-refractivity contribution in [3.05, 3.63) is 78.0 Å². The van der Waals surface area contributed by atoms with Gasteiger partial charge in [-0.3, -0.25) is 9.59 Å². The molecule has 1 aliphatic heterocycles. The normalized spacial score (nSPS) is 15.6. The molecule has 0 aliphatic carbocycles. The number of primary amides is 1. The van der Waals surface area contributed by atoms with Crippen LogP contribution >= 0.6 is 0 Å². The fourth-order valence-electron chi connectivity index (χ4n) is 4.33. The van der Waals surface area contributed by atoms with Crippen LogP contribution in [0.25, 0.3) is 0 Å². The van der Waals surface area contributed by atoms with E-state index in [0.717, 1.165) is 42.9 Å². The molecule has 1 fully saturated rings. The summed E-state index contributed by atoms with van der Waals surface area (Å²) in [6.45, 7) is 4.25. The average molecular weight is 458 g/mol. The molecule has 34 heavy (non-hydrogen) atoms. The monoisotopic (exact) mass is 457 g/mol. The van der Waals surface area contributed by atoms with E-state index in [4.69, 9.17) is 5.73 Å². The van der Waals surface area contributed by atoms with Crippen molar-refractivity contribution >= 4 is 34.6 Å². The van der Waals surface area contributed by atoms with Crippen LogP contribution in [0.1, 0.15) is 42.1 Å². The van der Waals surface area contributed by atoms with E-state index in [9.17, 15) is 9.59 Å². The molecule has 1 aromatic heterocycles. The van der Waals surface area contributed by atoms with Gasteiger partial charge in [-0.05, 0) is 42.7 Å². The number of benzene rings is 2. The number of piperidine rings is 1. The Kier molecular flexibility index (Phi) is 7.42. The van der Waals surface area contributed by atoms with Crippen LogP contribution in [0.3, 0.4) is 0 Å². The predicted octanol–water partition coefficient (Wildman–Crippen LogP) is 4.73. The Morgan fingerprint density at radius 2 is 1.88 bits per heavy atom. The first kappa shape index (κ1) is 23.3. The number of Topliss-reactive ketones (excluding diaryl/α,β-unsaturated/α-hetero) is 1. The molecule has 0 spiro atoms. The van der Waals surface area contributed by atoms with Gasteiger partial charge in [0.1, 0.15) is 11.6 Å². The maximum absolute atomic E-state index is 12.1.